The average Bonchev–Trinajstić information content (AvgIpc) is 2.79. The zero-order valence-electron chi connectivity index (χ0n) is 9.18. The molecule has 94 valence electrons. The van der Waals surface area contributed by atoms with Gasteiger partial charge in [-0.05, 0) is 12.1 Å². The van der Waals surface area contributed by atoms with E-state index < -0.39 is 5.97 Å². The predicted molar refractivity (Wildman–Crippen MR) is 62.1 cm³/mol. The fourth-order valence-corrected chi connectivity index (χ4v) is 1.68. The Hall–Kier alpha value is -2.21. The molecule has 0 saturated carbocycles. The number of phenolic OH excluding ortho intramolecular Hbond substituents is 1. The molecule has 0 aliphatic heterocycles. The van der Waals surface area contributed by atoms with Crippen molar-refractivity contribution in [2.24, 2.45) is 0 Å². The molecule has 18 heavy (non-hydrogen) atoms. The molecule has 0 radical (unpaired) electrons. The lowest BCUT2D eigenvalue weighted by Crippen LogP contribution is -1.91. The number of ether oxygens (including phenoxy) is 1. The van der Waals surface area contributed by atoms with Gasteiger partial charge in [0.05, 0.1) is 12.1 Å². The minimum absolute atomic E-state index is 0.0917. The third-order valence-corrected chi connectivity index (χ3v) is 2.58. The summed E-state index contributed by atoms with van der Waals surface area (Å²) >= 11 is 5.82. The first-order chi connectivity index (χ1) is 8.54. The molecular weight excluding hydrogens is 262 g/mol. The van der Waals surface area contributed by atoms with Crippen molar-refractivity contribution in [3.63, 3.8) is 0 Å². The molecule has 2 rings (SSSR count). The van der Waals surface area contributed by atoms with Crippen LogP contribution in [0, 0.1) is 0 Å². The quantitative estimate of drug-likeness (QED) is 0.889. The maximum absolute atomic E-state index is 10.7. The molecule has 1 heterocycles. The number of methoxy groups -OCH3 is 1. The van der Waals surface area contributed by atoms with E-state index in [-0.39, 0.29) is 33.5 Å². The van der Waals surface area contributed by atoms with E-state index in [0.29, 0.717) is 0 Å². The Labute approximate surface area is 106 Å². The summed E-state index contributed by atoms with van der Waals surface area (Å²) in [4.78, 5) is 10.7. The van der Waals surface area contributed by atoms with Gasteiger partial charge in [0, 0.05) is 11.6 Å². The van der Waals surface area contributed by atoms with Gasteiger partial charge in [0.1, 0.15) is 5.69 Å². The highest BCUT2D eigenvalue weighted by molar-refractivity contribution is 6.32. The highest BCUT2D eigenvalue weighted by atomic mass is 35.5. The molecule has 0 spiro atoms. The number of nitrogens with zero attached hydrogens (tertiary/aromatic N) is 1. The predicted octanol–water partition coefficient (Wildman–Crippen LogP) is 2.41. The fraction of sp³-hybridized carbons (Fsp3) is 0.0909. The Morgan fingerprint density at radius 1 is 1.50 bits per heavy atom. The summed E-state index contributed by atoms with van der Waals surface area (Å²) in [5, 5.41) is 22.4. The van der Waals surface area contributed by atoms with Gasteiger partial charge < -0.3 is 19.5 Å². The van der Waals surface area contributed by atoms with Crippen LogP contribution in [0.25, 0.3) is 11.3 Å². The number of halogens is 1. The maximum atomic E-state index is 10.7. The van der Waals surface area contributed by atoms with Crippen molar-refractivity contribution in [3.8, 4) is 22.8 Å². The number of carbonyl (C=O) groups is 1. The normalized spacial score (nSPS) is 10.3. The highest BCUT2D eigenvalue weighted by Gasteiger charge is 2.18. The van der Waals surface area contributed by atoms with Crippen molar-refractivity contribution in [1.29, 1.82) is 0 Å². The Kier molecular flexibility index (Phi) is 3.12. The molecule has 0 bridgehead atoms. The van der Waals surface area contributed by atoms with Crippen LogP contribution in [0.15, 0.2) is 22.7 Å². The minimum atomic E-state index is -1.24. The van der Waals surface area contributed by atoms with Gasteiger partial charge in [0.25, 0.3) is 0 Å². The monoisotopic (exact) mass is 269 g/mol. The van der Waals surface area contributed by atoms with Crippen LogP contribution in [0.1, 0.15) is 10.6 Å². The molecule has 6 nitrogen and oxygen atoms in total. The SMILES string of the molecule is COc1c(Cl)ccc(-c2cc(C(=O)O)on2)c1O. The number of aromatic hydroxyl groups is 1. The van der Waals surface area contributed by atoms with Crippen molar-refractivity contribution in [2.45, 2.75) is 0 Å². The lowest BCUT2D eigenvalue weighted by atomic mass is 10.1. The van der Waals surface area contributed by atoms with E-state index in [1.54, 1.807) is 0 Å². The van der Waals surface area contributed by atoms with Gasteiger partial charge in [0.15, 0.2) is 11.5 Å². The van der Waals surface area contributed by atoms with E-state index >= 15 is 0 Å². The van der Waals surface area contributed by atoms with E-state index in [1.165, 1.54) is 25.3 Å². The largest absolute Gasteiger partial charge is 0.504 e. The van der Waals surface area contributed by atoms with Gasteiger partial charge in [-0.2, -0.15) is 0 Å². The number of carboxylic acid groups (broad SMARTS) is 1. The number of phenols is 1. The maximum Gasteiger partial charge on any atom is 0.374 e. The van der Waals surface area contributed by atoms with Crippen LogP contribution in [-0.2, 0) is 0 Å². The molecule has 0 saturated heterocycles. The summed E-state index contributed by atoms with van der Waals surface area (Å²) in [6, 6.07) is 4.19. The summed E-state index contributed by atoms with van der Waals surface area (Å²) in [5.74, 6) is -1.70. The first-order valence-corrected chi connectivity index (χ1v) is 5.18. The number of aromatic nitrogens is 1. The van der Waals surface area contributed by atoms with E-state index in [4.69, 9.17) is 21.4 Å². The molecule has 2 aromatic rings. The van der Waals surface area contributed by atoms with Gasteiger partial charge >= 0.3 is 5.97 Å². The Morgan fingerprint density at radius 3 is 2.78 bits per heavy atom. The number of benzene rings is 1. The Morgan fingerprint density at radius 2 is 2.22 bits per heavy atom. The number of carboxylic acids is 1. The Balaban J connectivity index is 2.53. The lowest BCUT2D eigenvalue weighted by molar-refractivity contribution is 0.0652. The zero-order chi connectivity index (χ0) is 13.3. The fourth-order valence-electron chi connectivity index (χ4n) is 1.45. The van der Waals surface area contributed by atoms with Gasteiger partial charge in [-0.25, -0.2) is 4.79 Å². The van der Waals surface area contributed by atoms with Crippen LogP contribution in [-0.4, -0.2) is 28.4 Å². The first-order valence-electron chi connectivity index (χ1n) is 4.80. The molecule has 0 aliphatic rings. The summed E-state index contributed by atoms with van der Waals surface area (Å²) in [5.41, 5.74) is 0.451. The third-order valence-electron chi connectivity index (χ3n) is 2.28. The third kappa shape index (κ3) is 1.98. The second-order valence-corrected chi connectivity index (χ2v) is 3.77. The smallest absolute Gasteiger partial charge is 0.374 e. The van der Waals surface area contributed by atoms with Crippen LogP contribution < -0.4 is 4.74 Å². The summed E-state index contributed by atoms with van der Waals surface area (Å²) in [7, 11) is 1.36. The highest BCUT2D eigenvalue weighted by Crippen LogP contribution is 2.41. The molecule has 0 amide bonds. The average molecular weight is 270 g/mol. The first kappa shape index (κ1) is 12.3. The molecule has 0 aliphatic carbocycles. The molecule has 0 fully saturated rings. The van der Waals surface area contributed by atoms with E-state index in [9.17, 15) is 9.90 Å². The van der Waals surface area contributed by atoms with Crippen molar-refractivity contribution < 1.29 is 24.3 Å². The molecule has 1 aromatic carbocycles. The van der Waals surface area contributed by atoms with Crippen LogP contribution >= 0.6 is 11.6 Å². The molecule has 7 heteroatoms. The molecule has 0 unspecified atom stereocenters. The molecular formula is C11H8ClNO5. The molecule has 1 aromatic heterocycles. The zero-order valence-corrected chi connectivity index (χ0v) is 9.93. The Bertz CT molecular complexity index is 607. The molecule has 0 atom stereocenters. The summed E-state index contributed by atoms with van der Waals surface area (Å²) in [6.45, 7) is 0. The number of hydrogen-bond acceptors (Lipinski definition) is 5. The lowest BCUT2D eigenvalue weighted by Gasteiger charge is -2.08. The van der Waals surface area contributed by atoms with Crippen molar-refractivity contribution in [3.05, 3.63) is 29.0 Å². The van der Waals surface area contributed by atoms with Crippen molar-refractivity contribution in [2.75, 3.05) is 7.11 Å². The van der Waals surface area contributed by atoms with E-state index in [0.717, 1.165) is 0 Å². The van der Waals surface area contributed by atoms with Gasteiger partial charge in [-0.15, -0.1) is 0 Å². The van der Waals surface area contributed by atoms with Gasteiger partial charge in [-0.3, -0.25) is 0 Å². The topological polar surface area (TPSA) is 92.8 Å². The van der Waals surface area contributed by atoms with Crippen molar-refractivity contribution >= 4 is 17.6 Å². The minimum Gasteiger partial charge on any atom is -0.504 e. The van der Waals surface area contributed by atoms with Gasteiger partial charge in [0.2, 0.25) is 5.76 Å². The van der Waals surface area contributed by atoms with Crippen LogP contribution in [0.2, 0.25) is 5.02 Å². The summed E-state index contributed by atoms with van der Waals surface area (Å²) in [6.07, 6.45) is 0. The van der Waals surface area contributed by atoms with Crippen LogP contribution in [0.3, 0.4) is 0 Å². The second kappa shape index (κ2) is 4.58. The van der Waals surface area contributed by atoms with Crippen LogP contribution in [0.5, 0.6) is 11.5 Å². The number of hydrogen-bond donors (Lipinski definition) is 2. The van der Waals surface area contributed by atoms with Crippen LogP contribution in [0.4, 0.5) is 0 Å². The number of aromatic carboxylic acids is 1. The number of rotatable bonds is 3. The summed E-state index contributed by atoms with van der Waals surface area (Å²) < 4.78 is 9.54. The standard InChI is InChI=1S/C11H8ClNO5/c1-17-10-6(12)3-2-5(9(10)14)7-4-8(11(15)16)18-13-7/h2-4,14H,1H3,(H,15,16). The second-order valence-electron chi connectivity index (χ2n) is 3.36. The van der Waals surface area contributed by atoms with E-state index in [2.05, 4.69) is 9.68 Å². The molecule has 2 N–H and O–H groups in total. The van der Waals surface area contributed by atoms with Crippen molar-refractivity contribution in [1.82, 2.24) is 5.16 Å². The van der Waals surface area contributed by atoms with E-state index in [1.807, 2.05) is 0 Å². The van der Waals surface area contributed by atoms with Gasteiger partial charge in [-0.1, -0.05) is 16.8 Å².